The first-order valence-corrected chi connectivity index (χ1v) is 8.92. The van der Waals surface area contributed by atoms with Crippen LogP contribution in [0, 0.1) is 0 Å². The average molecular weight is 328 g/mol. The van der Waals surface area contributed by atoms with Gasteiger partial charge < -0.3 is 15.1 Å². The van der Waals surface area contributed by atoms with E-state index in [1.807, 2.05) is 24.3 Å². The summed E-state index contributed by atoms with van der Waals surface area (Å²) in [6.07, 6.45) is 3.14. The van der Waals surface area contributed by atoms with Crippen LogP contribution >= 0.6 is 0 Å². The fourth-order valence-corrected chi connectivity index (χ4v) is 3.74. The van der Waals surface area contributed by atoms with Crippen LogP contribution in [0.25, 0.3) is 10.8 Å². The Morgan fingerprint density at radius 1 is 1.12 bits per heavy atom. The summed E-state index contributed by atoms with van der Waals surface area (Å²) in [7, 11) is 2.16. The van der Waals surface area contributed by atoms with E-state index in [1.54, 1.807) is 0 Å². The number of fused-ring (bicyclic) bond motifs is 1. The summed E-state index contributed by atoms with van der Waals surface area (Å²) in [4.78, 5) is 4.82. The number of nitrogens with zero attached hydrogens (tertiary/aromatic N) is 2. The average Bonchev–Trinajstić information content (AvgIpc) is 2.62. The molecule has 4 heteroatoms. The van der Waals surface area contributed by atoms with Crippen LogP contribution in [0.5, 0.6) is 5.75 Å². The minimum atomic E-state index is 0.267. The molecule has 1 saturated heterocycles. The lowest BCUT2D eigenvalue weighted by molar-refractivity contribution is 0.117. The zero-order valence-electron chi connectivity index (χ0n) is 14.5. The quantitative estimate of drug-likeness (QED) is 0.856. The van der Waals surface area contributed by atoms with Crippen molar-refractivity contribution in [3.63, 3.8) is 0 Å². The molecule has 2 aromatic carbocycles. The topological polar surface area (TPSA) is 46.9 Å². The van der Waals surface area contributed by atoms with Gasteiger partial charge in [-0.05, 0) is 56.2 Å². The largest absolute Gasteiger partial charge is 0.508 e. The number of rotatable bonds is 6. The van der Waals surface area contributed by atoms with Crippen molar-refractivity contribution in [2.45, 2.75) is 31.8 Å². The van der Waals surface area contributed by atoms with Crippen LogP contribution in [0.1, 0.15) is 24.8 Å². The molecule has 0 saturated carbocycles. The second-order valence-corrected chi connectivity index (χ2v) is 6.85. The van der Waals surface area contributed by atoms with E-state index in [-0.39, 0.29) is 6.61 Å². The predicted molar refractivity (Wildman–Crippen MR) is 98.2 cm³/mol. The number of benzene rings is 2. The number of phenols is 1. The minimum absolute atomic E-state index is 0.267. The number of aliphatic hydroxyl groups is 1. The second-order valence-electron chi connectivity index (χ2n) is 6.85. The molecule has 0 bridgehead atoms. The lowest BCUT2D eigenvalue weighted by Crippen LogP contribution is -2.43. The highest BCUT2D eigenvalue weighted by molar-refractivity contribution is 5.87. The van der Waals surface area contributed by atoms with Crippen LogP contribution in [0.15, 0.2) is 36.4 Å². The van der Waals surface area contributed by atoms with Crippen LogP contribution in [0.3, 0.4) is 0 Å². The van der Waals surface area contributed by atoms with Crippen molar-refractivity contribution in [1.29, 1.82) is 0 Å². The first kappa shape index (κ1) is 17.2. The van der Waals surface area contributed by atoms with Crippen molar-refractivity contribution in [3.8, 4) is 5.75 Å². The van der Waals surface area contributed by atoms with E-state index in [2.05, 4.69) is 29.0 Å². The van der Waals surface area contributed by atoms with Crippen LogP contribution in [-0.4, -0.2) is 59.3 Å². The Morgan fingerprint density at radius 2 is 1.88 bits per heavy atom. The molecule has 1 aliphatic rings. The van der Waals surface area contributed by atoms with Gasteiger partial charge in [0, 0.05) is 31.3 Å². The van der Waals surface area contributed by atoms with Gasteiger partial charge in [-0.15, -0.1) is 0 Å². The molecular weight excluding hydrogens is 300 g/mol. The highest BCUT2D eigenvalue weighted by atomic mass is 16.3. The Hall–Kier alpha value is -1.62. The zero-order chi connectivity index (χ0) is 16.9. The van der Waals surface area contributed by atoms with Crippen molar-refractivity contribution in [2.24, 2.45) is 0 Å². The maximum absolute atomic E-state index is 10.3. The van der Waals surface area contributed by atoms with Gasteiger partial charge in [-0.3, -0.25) is 4.90 Å². The summed E-state index contributed by atoms with van der Waals surface area (Å²) in [5.41, 5.74) is 1.04. The van der Waals surface area contributed by atoms with Crippen LogP contribution in [0.2, 0.25) is 0 Å². The lowest BCUT2D eigenvalue weighted by Gasteiger charge is -2.37. The molecule has 1 fully saturated rings. The van der Waals surface area contributed by atoms with Crippen LogP contribution < -0.4 is 0 Å². The van der Waals surface area contributed by atoms with Crippen LogP contribution in [0.4, 0.5) is 0 Å². The fraction of sp³-hybridized carbons (Fsp3) is 0.500. The smallest absolute Gasteiger partial charge is 0.120 e. The van der Waals surface area contributed by atoms with Gasteiger partial charge in [-0.1, -0.05) is 30.3 Å². The summed E-state index contributed by atoms with van der Waals surface area (Å²) in [5.74, 6) is 0.399. The molecule has 2 aromatic rings. The van der Waals surface area contributed by atoms with E-state index in [9.17, 15) is 5.11 Å². The lowest BCUT2D eigenvalue weighted by atomic mass is 10.00. The number of hydrogen-bond donors (Lipinski definition) is 2. The van der Waals surface area contributed by atoms with E-state index >= 15 is 0 Å². The first-order chi connectivity index (χ1) is 11.7. The van der Waals surface area contributed by atoms with E-state index in [1.165, 1.54) is 5.39 Å². The molecule has 24 heavy (non-hydrogen) atoms. The molecule has 2 N–H and O–H groups in total. The van der Waals surface area contributed by atoms with Gasteiger partial charge in [0.25, 0.3) is 0 Å². The number of likely N-dealkylation sites (tertiary alicyclic amines) is 1. The van der Waals surface area contributed by atoms with Gasteiger partial charge >= 0.3 is 0 Å². The van der Waals surface area contributed by atoms with Crippen molar-refractivity contribution in [3.05, 3.63) is 42.0 Å². The maximum Gasteiger partial charge on any atom is 0.120 e. The van der Waals surface area contributed by atoms with E-state index in [0.29, 0.717) is 11.8 Å². The number of piperidine rings is 1. The number of phenolic OH excluding ortho intramolecular Hbond substituents is 1. The molecule has 0 amide bonds. The predicted octanol–water partition coefficient (Wildman–Crippen LogP) is 2.82. The SMILES string of the molecule is CN(CCCO)C1CCN(Cc2c(O)ccc3ccccc23)CC1. The van der Waals surface area contributed by atoms with Gasteiger partial charge in [0.15, 0.2) is 0 Å². The molecule has 0 spiro atoms. The molecule has 0 aliphatic carbocycles. The molecule has 4 nitrogen and oxygen atoms in total. The molecule has 3 rings (SSSR count). The Labute approximate surface area is 144 Å². The maximum atomic E-state index is 10.3. The third kappa shape index (κ3) is 3.89. The molecule has 1 heterocycles. The molecule has 0 atom stereocenters. The summed E-state index contributed by atoms with van der Waals surface area (Å²) in [5, 5.41) is 21.6. The summed E-state index contributed by atoms with van der Waals surface area (Å²) in [6, 6.07) is 12.7. The standard InChI is InChI=1S/C20H28N2O2/c1-21(11-4-14-23)17-9-12-22(13-10-17)15-19-18-6-3-2-5-16(18)7-8-20(19)24/h2-3,5-8,17,23-24H,4,9-15H2,1H3. The number of aliphatic hydroxyl groups excluding tert-OH is 1. The summed E-state index contributed by atoms with van der Waals surface area (Å²) >= 11 is 0. The van der Waals surface area contributed by atoms with Gasteiger partial charge in [-0.2, -0.15) is 0 Å². The summed E-state index contributed by atoms with van der Waals surface area (Å²) < 4.78 is 0. The van der Waals surface area contributed by atoms with Crippen molar-refractivity contribution < 1.29 is 10.2 Å². The second kappa shape index (κ2) is 7.97. The highest BCUT2D eigenvalue weighted by Gasteiger charge is 2.23. The Morgan fingerprint density at radius 3 is 2.62 bits per heavy atom. The normalized spacial score (nSPS) is 17.0. The molecule has 130 valence electrons. The highest BCUT2D eigenvalue weighted by Crippen LogP contribution is 2.29. The van der Waals surface area contributed by atoms with Crippen LogP contribution in [-0.2, 0) is 6.54 Å². The summed E-state index contributed by atoms with van der Waals surface area (Å²) in [6.45, 7) is 4.14. The van der Waals surface area contributed by atoms with E-state index < -0.39 is 0 Å². The van der Waals surface area contributed by atoms with Gasteiger partial charge in [0.2, 0.25) is 0 Å². The molecule has 1 aliphatic heterocycles. The first-order valence-electron chi connectivity index (χ1n) is 8.92. The Kier molecular flexibility index (Phi) is 5.72. The van der Waals surface area contributed by atoms with Crippen molar-refractivity contribution in [1.82, 2.24) is 9.80 Å². The Bertz CT molecular complexity index is 666. The zero-order valence-corrected chi connectivity index (χ0v) is 14.5. The molecular formula is C20H28N2O2. The van der Waals surface area contributed by atoms with E-state index in [4.69, 9.17) is 5.11 Å². The van der Waals surface area contributed by atoms with Crippen molar-refractivity contribution in [2.75, 3.05) is 33.3 Å². The third-order valence-corrected chi connectivity index (χ3v) is 5.25. The van der Waals surface area contributed by atoms with Gasteiger partial charge in [0.05, 0.1) is 0 Å². The number of hydrogen-bond acceptors (Lipinski definition) is 4. The monoisotopic (exact) mass is 328 g/mol. The minimum Gasteiger partial charge on any atom is -0.508 e. The molecule has 0 radical (unpaired) electrons. The molecule has 0 aromatic heterocycles. The van der Waals surface area contributed by atoms with E-state index in [0.717, 1.165) is 56.4 Å². The number of aromatic hydroxyl groups is 1. The third-order valence-electron chi connectivity index (χ3n) is 5.25. The van der Waals surface area contributed by atoms with Crippen molar-refractivity contribution >= 4 is 10.8 Å². The fourth-order valence-electron chi connectivity index (χ4n) is 3.74. The molecule has 0 unspecified atom stereocenters. The van der Waals surface area contributed by atoms with Gasteiger partial charge in [-0.25, -0.2) is 0 Å². The Balaban J connectivity index is 1.64. The van der Waals surface area contributed by atoms with Gasteiger partial charge in [0.1, 0.15) is 5.75 Å².